The number of aromatic hydroxyl groups is 1. The molecule has 1 rings (SSSR count). The summed E-state index contributed by atoms with van der Waals surface area (Å²) in [5.74, 6) is 0.648. The van der Waals surface area contributed by atoms with Crippen LogP contribution in [0.2, 0.25) is 0 Å². The fraction of sp³-hybridized carbons (Fsp3) is 0.385. The summed E-state index contributed by atoms with van der Waals surface area (Å²) in [6.07, 6.45) is 3.43. The first kappa shape index (κ1) is 15.8. The van der Waals surface area contributed by atoms with E-state index >= 15 is 0 Å². The molecule has 3 nitrogen and oxygen atoms in total. The van der Waals surface area contributed by atoms with Gasteiger partial charge < -0.3 is 15.6 Å². The van der Waals surface area contributed by atoms with Crippen LogP contribution in [0.15, 0.2) is 30.9 Å². The lowest BCUT2D eigenvalue weighted by molar-refractivity contribution is 0.315. The van der Waals surface area contributed by atoms with Gasteiger partial charge >= 0.3 is 0 Å². The molecule has 0 unspecified atom stereocenters. The van der Waals surface area contributed by atoms with Crippen molar-refractivity contribution < 1.29 is 9.84 Å². The van der Waals surface area contributed by atoms with Gasteiger partial charge in [-0.25, -0.2) is 0 Å². The summed E-state index contributed by atoms with van der Waals surface area (Å²) in [6.45, 7) is 6.06. The molecule has 96 valence electrons. The molecule has 4 heteroatoms. The predicted molar refractivity (Wildman–Crippen MR) is 72.9 cm³/mol. The lowest BCUT2D eigenvalue weighted by atomic mass is 10.0. The molecular formula is C13H20ClNO2. The lowest BCUT2D eigenvalue weighted by Gasteiger charge is -2.15. The summed E-state index contributed by atoms with van der Waals surface area (Å²) in [6, 6.07) is 5.22. The zero-order valence-electron chi connectivity index (χ0n) is 10.1. The second-order valence-electron chi connectivity index (χ2n) is 3.60. The van der Waals surface area contributed by atoms with Gasteiger partial charge in [-0.05, 0) is 25.8 Å². The monoisotopic (exact) mass is 257 g/mol. The third kappa shape index (κ3) is 4.29. The molecule has 3 N–H and O–H groups in total. The van der Waals surface area contributed by atoms with Crippen LogP contribution in [0, 0.1) is 0 Å². The van der Waals surface area contributed by atoms with Gasteiger partial charge in [0.1, 0.15) is 0 Å². The minimum Gasteiger partial charge on any atom is -0.504 e. The molecule has 0 aromatic heterocycles. The van der Waals surface area contributed by atoms with Crippen molar-refractivity contribution in [1.82, 2.24) is 0 Å². The quantitative estimate of drug-likeness (QED) is 0.770. The Kier molecular flexibility index (Phi) is 7.42. The van der Waals surface area contributed by atoms with E-state index in [1.54, 1.807) is 6.07 Å². The maximum Gasteiger partial charge on any atom is 0.162 e. The van der Waals surface area contributed by atoms with Crippen LogP contribution in [0.5, 0.6) is 11.5 Å². The lowest BCUT2D eigenvalue weighted by Crippen LogP contribution is -2.10. The molecule has 0 bridgehead atoms. The van der Waals surface area contributed by atoms with Gasteiger partial charge in [0, 0.05) is 11.6 Å². The second-order valence-corrected chi connectivity index (χ2v) is 3.60. The fourth-order valence-corrected chi connectivity index (χ4v) is 1.56. The number of benzene rings is 1. The van der Waals surface area contributed by atoms with E-state index in [1.165, 1.54) is 0 Å². The first-order valence-electron chi connectivity index (χ1n) is 5.51. The van der Waals surface area contributed by atoms with Crippen LogP contribution < -0.4 is 10.5 Å². The minimum atomic E-state index is -0.182. The molecule has 0 saturated heterocycles. The third-order valence-corrected chi connectivity index (χ3v) is 2.41. The zero-order chi connectivity index (χ0) is 12.0. The molecule has 1 aromatic rings. The Hall–Kier alpha value is -1.19. The smallest absolute Gasteiger partial charge is 0.162 e. The molecule has 1 aromatic carbocycles. The summed E-state index contributed by atoms with van der Waals surface area (Å²) in [5, 5.41) is 9.96. The van der Waals surface area contributed by atoms with Crippen molar-refractivity contribution in [2.24, 2.45) is 5.73 Å². The molecule has 1 atom stereocenters. The normalized spacial score (nSPS) is 11.4. The van der Waals surface area contributed by atoms with Gasteiger partial charge in [0.25, 0.3) is 0 Å². The topological polar surface area (TPSA) is 55.5 Å². The summed E-state index contributed by atoms with van der Waals surface area (Å²) in [5.41, 5.74) is 6.71. The van der Waals surface area contributed by atoms with Gasteiger partial charge in [0.2, 0.25) is 0 Å². The molecular weight excluding hydrogens is 238 g/mol. The summed E-state index contributed by atoms with van der Waals surface area (Å²) < 4.78 is 5.31. The first-order valence-corrected chi connectivity index (χ1v) is 5.51. The van der Waals surface area contributed by atoms with E-state index < -0.39 is 0 Å². The van der Waals surface area contributed by atoms with Crippen molar-refractivity contribution in [3.63, 3.8) is 0 Å². The molecule has 0 aliphatic heterocycles. The summed E-state index contributed by atoms with van der Waals surface area (Å²) >= 11 is 0. The average Bonchev–Trinajstić information content (AvgIpc) is 2.29. The standard InChI is InChI=1S/C13H19NO2.ClH/c1-3-5-8-11(14)10-7-6-9-12(13(10)15)16-4-2;/h3,6-7,9,11,15H,1,4-5,8,14H2,2H3;1H/t11-;/m0./s1. The van der Waals surface area contributed by atoms with Gasteiger partial charge in [0.15, 0.2) is 11.5 Å². The van der Waals surface area contributed by atoms with Gasteiger partial charge in [-0.15, -0.1) is 19.0 Å². The Morgan fingerprint density at radius 1 is 1.53 bits per heavy atom. The highest BCUT2D eigenvalue weighted by Crippen LogP contribution is 2.34. The van der Waals surface area contributed by atoms with E-state index in [1.807, 2.05) is 25.1 Å². The molecule has 0 aliphatic rings. The number of para-hydroxylation sites is 1. The molecule has 0 amide bonds. The second kappa shape index (κ2) is 7.98. The van der Waals surface area contributed by atoms with Crippen molar-refractivity contribution in [3.05, 3.63) is 36.4 Å². The number of halogens is 1. The number of ether oxygens (including phenoxy) is 1. The van der Waals surface area contributed by atoms with Crippen molar-refractivity contribution in [2.45, 2.75) is 25.8 Å². The Bertz CT molecular complexity index is 355. The predicted octanol–water partition coefficient (Wildman–Crippen LogP) is 3.18. The van der Waals surface area contributed by atoms with E-state index in [0.717, 1.165) is 18.4 Å². The zero-order valence-corrected chi connectivity index (χ0v) is 10.9. The molecule has 0 fully saturated rings. The van der Waals surface area contributed by atoms with Crippen LogP contribution in [0.25, 0.3) is 0 Å². The number of phenolic OH excluding ortho intramolecular Hbond substituents is 1. The third-order valence-electron chi connectivity index (χ3n) is 2.41. The van der Waals surface area contributed by atoms with E-state index in [0.29, 0.717) is 12.4 Å². The van der Waals surface area contributed by atoms with Crippen LogP contribution in [-0.4, -0.2) is 11.7 Å². The minimum absolute atomic E-state index is 0. The van der Waals surface area contributed by atoms with Crippen LogP contribution >= 0.6 is 12.4 Å². The Morgan fingerprint density at radius 2 is 2.24 bits per heavy atom. The largest absolute Gasteiger partial charge is 0.504 e. The first-order chi connectivity index (χ1) is 7.70. The van der Waals surface area contributed by atoms with Crippen molar-refractivity contribution in [2.75, 3.05) is 6.61 Å². The van der Waals surface area contributed by atoms with Gasteiger partial charge in [-0.2, -0.15) is 0 Å². The molecule has 0 aliphatic carbocycles. The van der Waals surface area contributed by atoms with Crippen molar-refractivity contribution in [3.8, 4) is 11.5 Å². The van der Waals surface area contributed by atoms with Crippen LogP contribution in [0.3, 0.4) is 0 Å². The number of allylic oxidation sites excluding steroid dienone is 1. The SMILES string of the molecule is C=CCC[C@H](N)c1cccc(OCC)c1O.Cl. The molecule has 0 radical (unpaired) electrons. The number of nitrogens with two attached hydrogens (primary N) is 1. The van der Waals surface area contributed by atoms with E-state index in [2.05, 4.69) is 6.58 Å². The average molecular weight is 258 g/mol. The Morgan fingerprint density at radius 3 is 2.82 bits per heavy atom. The van der Waals surface area contributed by atoms with Gasteiger partial charge in [-0.3, -0.25) is 0 Å². The van der Waals surface area contributed by atoms with E-state index in [-0.39, 0.29) is 24.2 Å². The van der Waals surface area contributed by atoms with Crippen molar-refractivity contribution in [1.29, 1.82) is 0 Å². The maximum atomic E-state index is 9.96. The summed E-state index contributed by atoms with van der Waals surface area (Å²) in [4.78, 5) is 0. The van der Waals surface area contributed by atoms with E-state index in [4.69, 9.17) is 10.5 Å². The highest BCUT2D eigenvalue weighted by molar-refractivity contribution is 5.85. The summed E-state index contributed by atoms with van der Waals surface area (Å²) in [7, 11) is 0. The Labute approximate surface area is 109 Å². The fourth-order valence-electron chi connectivity index (χ4n) is 1.56. The van der Waals surface area contributed by atoms with Gasteiger partial charge in [-0.1, -0.05) is 18.2 Å². The molecule has 0 heterocycles. The number of rotatable bonds is 6. The van der Waals surface area contributed by atoms with Crippen LogP contribution in [0.4, 0.5) is 0 Å². The van der Waals surface area contributed by atoms with Crippen molar-refractivity contribution >= 4 is 12.4 Å². The number of hydrogen-bond donors (Lipinski definition) is 2. The van der Waals surface area contributed by atoms with Gasteiger partial charge in [0.05, 0.1) is 6.61 Å². The number of hydrogen-bond acceptors (Lipinski definition) is 3. The molecule has 0 saturated carbocycles. The maximum absolute atomic E-state index is 9.96. The van der Waals surface area contributed by atoms with E-state index in [9.17, 15) is 5.11 Å². The van der Waals surface area contributed by atoms with Crippen LogP contribution in [0.1, 0.15) is 31.4 Å². The molecule has 0 spiro atoms. The highest BCUT2D eigenvalue weighted by atomic mass is 35.5. The van der Waals surface area contributed by atoms with Crippen LogP contribution in [-0.2, 0) is 0 Å². The Balaban J connectivity index is 0.00000256. The molecule has 17 heavy (non-hydrogen) atoms. The number of phenols is 1. The highest BCUT2D eigenvalue weighted by Gasteiger charge is 2.13.